The molecule has 1 aliphatic rings. The maximum atomic E-state index is 12.9. The zero-order valence-electron chi connectivity index (χ0n) is 15.8. The van der Waals surface area contributed by atoms with Gasteiger partial charge in [0.15, 0.2) is 11.5 Å². The molecule has 0 aromatic heterocycles. The molecule has 4 rings (SSSR count). The fourth-order valence-electron chi connectivity index (χ4n) is 3.16. The molecular formula is C21H20N2O5S. The smallest absolute Gasteiger partial charge is 0.243 e. The number of likely N-dealkylation sites (N-methyl/N-ethyl adjacent to an activating group) is 1. The summed E-state index contributed by atoms with van der Waals surface area (Å²) in [6, 6.07) is 17.6. The van der Waals surface area contributed by atoms with Crippen LogP contribution in [0.1, 0.15) is 0 Å². The number of fused-ring (bicyclic) bond motifs is 2. The lowest BCUT2D eigenvalue weighted by molar-refractivity contribution is -0.116. The van der Waals surface area contributed by atoms with Crippen molar-refractivity contribution < 1.29 is 22.7 Å². The van der Waals surface area contributed by atoms with Crippen molar-refractivity contribution in [1.82, 2.24) is 4.31 Å². The van der Waals surface area contributed by atoms with Crippen LogP contribution in [0.5, 0.6) is 11.5 Å². The summed E-state index contributed by atoms with van der Waals surface area (Å²) in [6.45, 7) is 0.493. The molecule has 0 unspecified atom stereocenters. The summed E-state index contributed by atoms with van der Waals surface area (Å²) in [7, 11) is -2.44. The second-order valence-electron chi connectivity index (χ2n) is 6.65. The normalized spacial score (nSPS) is 13.4. The van der Waals surface area contributed by atoms with Crippen molar-refractivity contribution in [1.29, 1.82) is 0 Å². The third kappa shape index (κ3) is 3.90. The van der Waals surface area contributed by atoms with Crippen LogP contribution in [0.4, 0.5) is 5.69 Å². The van der Waals surface area contributed by atoms with Crippen LogP contribution in [-0.2, 0) is 14.8 Å². The number of anilines is 1. The van der Waals surface area contributed by atoms with Gasteiger partial charge in [-0.15, -0.1) is 0 Å². The minimum Gasteiger partial charge on any atom is -0.486 e. The van der Waals surface area contributed by atoms with Crippen molar-refractivity contribution in [3.05, 3.63) is 60.7 Å². The van der Waals surface area contributed by atoms with Crippen LogP contribution in [0, 0.1) is 0 Å². The van der Waals surface area contributed by atoms with Gasteiger partial charge in [0.05, 0.1) is 17.1 Å². The molecule has 29 heavy (non-hydrogen) atoms. The minimum absolute atomic E-state index is 0.139. The number of nitrogens with one attached hydrogen (secondary N) is 1. The predicted molar refractivity (Wildman–Crippen MR) is 110 cm³/mol. The first-order chi connectivity index (χ1) is 13.9. The van der Waals surface area contributed by atoms with E-state index in [1.54, 1.807) is 36.4 Å². The molecule has 0 radical (unpaired) electrons. The van der Waals surface area contributed by atoms with E-state index in [1.165, 1.54) is 7.05 Å². The number of hydrogen-bond donors (Lipinski definition) is 1. The Morgan fingerprint density at radius 2 is 1.76 bits per heavy atom. The van der Waals surface area contributed by atoms with Crippen LogP contribution in [0.2, 0.25) is 0 Å². The largest absolute Gasteiger partial charge is 0.486 e. The second kappa shape index (κ2) is 7.73. The summed E-state index contributed by atoms with van der Waals surface area (Å²) < 4.78 is 37.9. The van der Waals surface area contributed by atoms with E-state index in [1.807, 2.05) is 24.3 Å². The van der Waals surface area contributed by atoms with E-state index in [0.29, 0.717) is 30.4 Å². The topological polar surface area (TPSA) is 84.9 Å². The Bertz CT molecular complexity index is 1180. The lowest BCUT2D eigenvalue weighted by Crippen LogP contribution is -2.35. The second-order valence-corrected chi connectivity index (χ2v) is 8.69. The van der Waals surface area contributed by atoms with Gasteiger partial charge in [-0.1, -0.05) is 36.4 Å². The number of carbonyl (C=O) groups excluding carboxylic acids is 1. The number of ether oxygens (including phenoxy) is 2. The monoisotopic (exact) mass is 412 g/mol. The Balaban J connectivity index is 1.50. The van der Waals surface area contributed by atoms with Crippen LogP contribution in [-0.4, -0.2) is 45.4 Å². The van der Waals surface area contributed by atoms with Gasteiger partial charge in [-0.25, -0.2) is 8.42 Å². The molecule has 0 saturated heterocycles. The minimum atomic E-state index is -3.82. The summed E-state index contributed by atoms with van der Waals surface area (Å²) in [5.74, 6) is 0.526. The van der Waals surface area contributed by atoms with E-state index in [-0.39, 0.29) is 11.4 Å². The van der Waals surface area contributed by atoms with Gasteiger partial charge in [0.2, 0.25) is 15.9 Å². The summed E-state index contributed by atoms with van der Waals surface area (Å²) >= 11 is 0. The highest BCUT2D eigenvalue weighted by Crippen LogP contribution is 2.37. The predicted octanol–water partition coefficient (Wildman–Crippen LogP) is 2.87. The van der Waals surface area contributed by atoms with Gasteiger partial charge >= 0.3 is 0 Å². The third-order valence-electron chi connectivity index (χ3n) is 4.64. The molecular weight excluding hydrogens is 392 g/mol. The molecule has 150 valence electrons. The summed E-state index contributed by atoms with van der Waals surface area (Å²) in [5.41, 5.74) is 0.448. The van der Waals surface area contributed by atoms with Gasteiger partial charge in [-0.2, -0.15) is 4.31 Å². The van der Waals surface area contributed by atoms with Gasteiger partial charge in [0.25, 0.3) is 0 Å². The fourth-order valence-corrected chi connectivity index (χ4v) is 4.32. The average molecular weight is 412 g/mol. The van der Waals surface area contributed by atoms with Crippen molar-refractivity contribution in [2.24, 2.45) is 0 Å². The van der Waals surface area contributed by atoms with Gasteiger partial charge < -0.3 is 14.8 Å². The number of amides is 1. The fraction of sp³-hybridized carbons (Fsp3) is 0.190. The van der Waals surface area contributed by atoms with Crippen molar-refractivity contribution >= 4 is 32.4 Å². The molecule has 0 atom stereocenters. The van der Waals surface area contributed by atoms with E-state index < -0.39 is 15.9 Å². The molecule has 1 N–H and O–H groups in total. The Morgan fingerprint density at radius 3 is 2.59 bits per heavy atom. The molecule has 0 spiro atoms. The van der Waals surface area contributed by atoms with E-state index in [9.17, 15) is 13.2 Å². The Hall–Kier alpha value is -3.10. The van der Waals surface area contributed by atoms with Crippen LogP contribution >= 0.6 is 0 Å². The number of benzene rings is 3. The zero-order chi connectivity index (χ0) is 20.4. The van der Waals surface area contributed by atoms with Crippen molar-refractivity contribution in [3.8, 4) is 11.5 Å². The molecule has 1 amide bonds. The van der Waals surface area contributed by atoms with Gasteiger partial charge in [0, 0.05) is 7.05 Å². The summed E-state index contributed by atoms with van der Waals surface area (Å²) in [5, 5.41) is 4.47. The maximum Gasteiger partial charge on any atom is 0.243 e. The lowest BCUT2D eigenvalue weighted by Gasteiger charge is -2.22. The number of hydrogen-bond acceptors (Lipinski definition) is 5. The maximum absolute atomic E-state index is 12.9. The number of rotatable bonds is 5. The molecule has 3 aromatic rings. The molecule has 0 fully saturated rings. The van der Waals surface area contributed by atoms with Crippen LogP contribution in [0.3, 0.4) is 0 Å². The van der Waals surface area contributed by atoms with Crippen molar-refractivity contribution in [2.75, 3.05) is 32.1 Å². The molecule has 1 heterocycles. The Morgan fingerprint density at radius 1 is 1.00 bits per heavy atom. The molecule has 0 bridgehead atoms. The van der Waals surface area contributed by atoms with E-state index >= 15 is 0 Å². The first-order valence-electron chi connectivity index (χ1n) is 9.09. The Kier molecular flexibility index (Phi) is 5.12. The molecule has 8 heteroatoms. The van der Waals surface area contributed by atoms with Gasteiger partial charge in [-0.3, -0.25) is 4.79 Å². The van der Waals surface area contributed by atoms with E-state index in [2.05, 4.69) is 5.32 Å². The lowest BCUT2D eigenvalue weighted by atomic mass is 10.1. The first kappa shape index (κ1) is 19.2. The standard InChI is InChI=1S/C21H20N2O5S/c1-23(29(25,26)17-10-9-15-5-2-3-6-16(15)13-17)14-20(24)22-18-7-4-8-19-21(18)28-12-11-27-19/h2-10,13H,11-12,14H2,1H3,(H,22,24). The van der Waals surface area contributed by atoms with Gasteiger partial charge in [-0.05, 0) is 35.0 Å². The third-order valence-corrected chi connectivity index (χ3v) is 6.44. The number of para-hydroxylation sites is 1. The molecule has 1 aliphatic heterocycles. The SMILES string of the molecule is CN(CC(=O)Nc1cccc2c1OCCO2)S(=O)(=O)c1ccc2ccccc2c1. The number of nitrogens with zero attached hydrogens (tertiary/aromatic N) is 1. The highest BCUT2D eigenvalue weighted by molar-refractivity contribution is 7.89. The quantitative estimate of drug-likeness (QED) is 0.697. The van der Waals surface area contributed by atoms with Crippen LogP contribution in [0.15, 0.2) is 65.6 Å². The van der Waals surface area contributed by atoms with Crippen molar-refractivity contribution in [3.63, 3.8) is 0 Å². The Labute approximate surface area is 168 Å². The van der Waals surface area contributed by atoms with E-state index in [4.69, 9.17) is 9.47 Å². The van der Waals surface area contributed by atoms with Crippen molar-refractivity contribution in [2.45, 2.75) is 4.90 Å². The molecule has 3 aromatic carbocycles. The first-order valence-corrected chi connectivity index (χ1v) is 10.5. The van der Waals surface area contributed by atoms with Crippen LogP contribution < -0.4 is 14.8 Å². The highest BCUT2D eigenvalue weighted by atomic mass is 32.2. The van der Waals surface area contributed by atoms with Crippen LogP contribution in [0.25, 0.3) is 10.8 Å². The molecule has 7 nitrogen and oxygen atoms in total. The van der Waals surface area contributed by atoms with Gasteiger partial charge in [0.1, 0.15) is 13.2 Å². The highest BCUT2D eigenvalue weighted by Gasteiger charge is 2.24. The zero-order valence-corrected chi connectivity index (χ0v) is 16.6. The summed E-state index contributed by atoms with van der Waals surface area (Å²) in [4.78, 5) is 12.6. The molecule has 0 saturated carbocycles. The summed E-state index contributed by atoms with van der Waals surface area (Å²) in [6.07, 6.45) is 0. The average Bonchev–Trinajstić information content (AvgIpc) is 2.73. The number of sulfonamides is 1. The number of carbonyl (C=O) groups is 1. The van der Waals surface area contributed by atoms with E-state index in [0.717, 1.165) is 15.1 Å². The molecule has 0 aliphatic carbocycles.